The summed E-state index contributed by atoms with van der Waals surface area (Å²) in [6.07, 6.45) is -3.74. The van der Waals surface area contributed by atoms with E-state index >= 15 is 0 Å². The number of carbonyl (C=O) groups excluding carboxylic acids is 1. The predicted molar refractivity (Wildman–Crippen MR) is 55.1 cm³/mol. The van der Waals surface area contributed by atoms with E-state index in [-0.39, 0.29) is 0 Å². The second kappa shape index (κ2) is 5.22. The van der Waals surface area contributed by atoms with Crippen LogP contribution < -0.4 is 11.1 Å². The normalized spacial score (nSPS) is 21.9. The predicted octanol–water partition coefficient (Wildman–Crippen LogP) is 0.687. The van der Waals surface area contributed by atoms with Crippen LogP contribution in [-0.4, -0.2) is 35.4 Å². The average molecular weight is 254 g/mol. The van der Waals surface area contributed by atoms with E-state index in [1.807, 2.05) is 0 Å². The summed E-state index contributed by atoms with van der Waals surface area (Å²) in [5.41, 5.74) is 4.74. The fourth-order valence-corrected chi connectivity index (χ4v) is 1.89. The zero-order chi connectivity index (χ0) is 13.1. The smallest absolute Gasteiger partial charge is 0.382 e. The van der Waals surface area contributed by atoms with E-state index in [0.717, 1.165) is 19.3 Å². The molecule has 1 unspecified atom stereocenters. The van der Waals surface area contributed by atoms with Crippen molar-refractivity contribution < 1.29 is 23.1 Å². The van der Waals surface area contributed by atoms with Gasteiger partial charge in [0.05, 0.1) is 12.1 Å². The molecule has 0 aliphatic heterocycles. The maximum absolute atomic E-state index is 12.0. The molecule has 17 heavy (non-hydrogen) atoms. The van der Waals surface area contributed by atoms with E-state index in [4.69, 9.17) is 10.8 Å². The second-order valence-electron chi connectivity index (χ2n) is 4.48. The molecular formula is C10H17F3N2O2. The first-order valence-electron chi connectivity index (χ1n) is 5.58. The fraction of sp³-hybridized carbons (Fsp3) is 0.900. The van der Waals surface area contributed by atoms with Gasteiger partial charge in [-0.1, -0.05) is 19.3 Å². The van der Waals surface area contributed by atoms with Crippen LogP contribution in [0.2, 0.25) is 0 Å². The van der Waals surface area contributed by atoms with Gasteiger partial charge in [0.1, 0.15) is 0 Å². The summed E-state index contributed by atoms with van der Waals surface area (Å²) in [6, 6.07) is 0. The number of halogens is 3. The summed E-state index contributed by atoms with van der Waals surface area (Å²) < 4.78 is 36.0. The molecule has 1 aliphatic carbocycles. The molecular weight excluding hydrogens is 237 g/mol. The number of aliphatic hydroxyl groups is 1. The summed E-state index contributed by atoms with van der Waals surface area (Å²) in [5.74, 6) is -0.611. The van der Waals surface area contributed by atoms with Crippen LogP contribution in [0.25, 0.3) is 0 Å². The summed E-state index contributed by atoms with van der Waals surface area (Å²) >= 11 is 0. The number of nitrogens with two attached hydrogens (primary N) is 1. The number of hydrogen-bond acceptors (Lipinski definition) is 3. The van der Waals surface area contributed by atoms with Gasteiger partial charge in [-0.25, -0.2) is 0 Å². The lowest BCUT2D eigenvalue weighted by atomic mass is 9.82. The Balaban J connectivity index is 2.44. The fourth-order valence-electron chi connectivity index (χ4n) is 1.89. The number of rotatable bonds is 3. The number of alkyl halides is 3. The zero-order valence-electron chi connectivity index (χ0n) is 9.39. The molecule has 1 aliphatic rings. The van der Waals surface area contributed by atoms with Crippen molar-refractivity contribution in [2.24, 2.45) is 5.73 Å². The monoisotopic (exact) mass is 254 g/mol. The lowest BCUT2D eigenvalue weighted by Crippen LogP contribution is -2.56. The molecule has 1 rings (SSSR count). The quantitative estimate of drug-likeness (QED) is 0.693. The number of carbonyl (C=O) groups is 1. The average Bonchev–Trinajstić information content (AvgIpc) is 2.25. The standard InChI is InChI=1S/C10H17F3N2O2/c11-10(12,13)7(16)6-15-8(17)9(14)4-2-1-3-5-9/h7,16H,1-6,14H2,(H,15,17). The molecule has 1 amide bonds. The van der Waals surface area contributed by atoms with Crippen LogP contribution in [0.1, 0.15) is 32.1 Å². The molecule has 100 valence electrons. The van der Waals surface area contributed by atoms with Crippen LogP contribution in [0.4, 0.5) is 13.2 Å². The van der Waals surface area contributed by atoms with Gasteiger partial charge in [0.25, 0.3) is 0 Å². The first-order chi connectivity index (χ1) is 7.76. The first kappa shape index (κ1) is 14.2. The Kier molecular flexibility index (Phi) is 4.37. The number of nitrogens with one attached hydrogen (secondary N) is 1. The van der Waals surface area contributed by atoms with E-state index in [1.54, 1.807) is 0 Å². The zero-order valence-corrected chi connectivity index (χ0v) is 9.39. The van der Waals surface area contributed by atoms with Crippen LogP contribution in [0.15, 0.2) is 0 Å². The molecule has 0 aromatic carbocycles. The minimum atomic E-state index is -4.72. The van der Waals surface area contributed by atoms with E-state index in [9.17, 15) is 18.0 Å². The number of hydrogen-bond donors (Lipinski definition) is 3. The Hall–Kier alpha value is -0.820. The minimum absolute atomic E-state index is 0.473. The minimum Gasteiger partial charge on any atom is -0.382 e. The van der Waals surface area contributed by atoms with Gasteiger partial charge in [-0.15, -0.1) is 0 Å². The molecule has 0 spiro atoms. The van der Waals surface area contributed by atoms with Gasteiger partial charge in [0.2, 0.25) is 5.91 Å². The Morgan fingerprint density at radius 3 is 2.35 bits per heavy atom. The topological polar surface area (TPSA) is 75.4 Å². The summed E-state index contributed by atoms with van der Waals surface area (Å²) in [5, 5.41) is 10.8. The van der Waals surface area contributed by atoms with Gasteiger partial charge >= 0.3 is 6.18 Å². The third-order valence-corrected chi connectivity index (χ3v) is 3.03. The van der Waals surface area contributed by atoms with Gasteiger partial charge in [0, 0.05) is 0 Å². The Morgan fingerprint density at radius 1 is 1.35 bits per heavy atom. The highest BCUT2D eigenvalue weighted by atomic mass is 19.4. The lowest BCUT2D eigenvalue weighted by molar-refractivity contribution is -0.202. The van der Waals surface area contributed by atoms with Crippen molar-refractivity contribution in [3.8, 4) is 0 Å². The molecule has 4 N–H and O–H groups in total. The maximum atomic E-state index is 12.0. The molecule has 0 radical (unpaired) electrons. The summed E-state index contributed by atoms with van der Waals surface area (Å²) in [7, 11) is 0. The van der Waals surface area contributed by atoms with E-state index in [1.165, 1.54) is 0 Å². The molecule has 1 fully saturated rings. The molecule has 0 heterocycles. The molecule has 1 saturated carbocycles. The second-order valence-corrected chi connectivity index (χ2v) is 4.48. The van der Waals surface area contributed by atoms with Crippen molar-refractivity contribution in [1.29, 1.82) is 0 Å². The van der Waals surface area contributed by atoms with Crippen LogP contribution in [0.3, 0.4) is 0 Å². The molecule has 1 atom stereocenters. The number of aliphatic hydroxyl groups excluding tert-OH is 1. The Morgan fingerprint density at radius 2 is 1.88 bits per heavy atom. The van der Waals surface area contributed by atoms with Crippen molar-refractivity contribution in [3.05, 3.63) is 0 Å². The van der Waals surface area contributed by atoms with Crippen molar-refractivity contribution in [2.45, 2.75) is 49.9 Å². The molecule has 0 aromatic rings. The van der Waals surface area contributed by atoms with Crippen LogP contribution >= 0.6 is 0 Å². The molecule has 7 heteroatoms. The highest BCUT2D eigenvalue weighted by Gasteiger charge is 2.40. The van der Waals surface area contributed by atoms with Gasteiger partial charge in [-0.05, 0) is 12.8 Å². The summed E-state index contributed by atoms with van der Waals surface area (Å²) in [6.45, 7) is -0.846. The van der Waals surface area contributed by atoms with Gasteiger partial charge < -0.3 is 16.2 Å². The van der Waals surface area contributed by atoms with Crippen LogP contribution in [-0.2, 0) is 4.79 Å². The third-order valence-electron chi connectivity index (χ3n) is 3.03. The van der Waals surface area contributed by atoms with E-state index in [0.29, 0.717) is 12.8 Å². The third kappa shape index (κ3) is 3.85. The Labute approximate surface area is 97.4 Å². The maximum Gasteiger partial charge on any atom is 0.416 e. The van der Waals surface area contributed by atoms with Gasteiger partial charge in [-0.3, -0.25) is 4.79 Å². The largest absolute Gasteiger partial charge is 0.416 e. The van der Waals surface area contributed by atoms with Crippen molar-refractivity contribution in [1.82, 2.24) is 5.32 Å². The van der Waals surface area contributed by atoms with Crippen molar-refractivity contribution in [3.63, 3.8) is 0 Å². The van der Waals surface area contributed by atoms with Crippen molar-refractivity contribution in [2.75, 3.05) is 6.54 Å². The molecule has 0 aromatic heterocycles. The van der Waals surface area contributed by atoms with Crippen LogP contribution in [0.5, 0.6) is 0 Å². The molecule has 0 bridgehead atoms. The summed E-state index contributed by atoms with van der Waals surface area (Å²) in [4.78, 5) is 11.6. The van der Waals surface area contributed by atoms with Crippen molar-refractivity contribution >= 4 is 5.91 Å². The molecule has 0 saturated heterocycles. The lowest BCUT2D eigenvalue weighted by Gasteiger charge is -2.32. The first-order valence-corrected chi connectivity index (χ1v) is 5.58. The van der Waals surface area contributed by atoms with E-state index in [2.05, 4.69) is 5.32 Å². The van der Waals surface area contributed by atoms with Gasteiger partial charge in [-0.2, -0.15) is 13.2 Å². The highest BCUT2D eigenvalue weighted by Crippen LogP contribution is 2.26. The van der Waals surface area contributed by atoms with Gasteiger partial charge in [0.15, 0.2) is 6.10 Å². The Bertz CT molecular complexity index is 275. The SMILES string of the molecule is NC1(C(=O)NCC(O)C(F)(F)F)CCCCC1. The highest BCUT2D eigenvalue weighted by molar-refractivity contribution is 5.86. The number of amides is 1. The molecule has 4 nitrogen and oxygen atoms in total. The van der Waals surface area contributed by atoms with E-state index < -0.39 is 30.3 Å². The van der Waals surface area contributed by atoms with Crippen LogP contribution in [0, 0.1) is 0 Å².